The topological polar surface area (TPSA) is 37.3 Å². The Morgan fingerprint density at radius 1 is 1.18 bits per heavy atom. The molecule has 0 bridgehead atoms. The molecule has 2 nitrogen and oxygen atoms in total. The second-order valence-electron chi connectivity index (χ2n) is 2.56. The number of carboxylic acids is 1. The molecule has 0 aromatic rings. The van der Waals surface area contributed by atoms with Gasteiger partial charge in [-0.15, -0.1) is 0 Å². The van der Waals surface area contributed by atoms with Crippen molar-refractivity contribution in [1.82, 2.24) is 0 Å². The maximum atomic E-state index is 10.0. The molecule has 0 radical (unpaired) electrons. The van der Waals surface area contributed by atoms with E-state index < -0.39 is 5.97 Å². The predicted molar refractivity (Wildman–Crippen MR) is 51.0 cm³/mol. The molecule has 0 aliphatic rings. The van der Waals surface area contributed by atoms with E-state index in [1.165, 1.54) is 19.3 Å². The molecule has 0 spiro atoms. The Kier molecular flexibility index (Phi) is 13.1. The van der Waals surface area contributed by atoms with E-state index in [1.807, 2.05) is 0 Å². The Hall–Kier alpha value is 0.353. The Morgan fingerprint density at radius 3 is 2.18 bits per heavy atom. The van der Waals surface area contributed by atoms with E-state index >= 15 is 0 Å². The van der Waals surface area contributed by atoms with Crippen molar-refractivity contribution in [3.8, 4) is 0 Å². The zero-order chi connectivity index (χ0) is 7.82. The Bertz CT molecular complexity index is 94.1. The number of carbonyl (C=O) groups is 1. The van der Waals surface area contributed by atoms with Crippen molar-refractivity contribution in [2.24, 2.45) is 0 Å². The van der Waals surface area contributed by atoms with Gasteiger partial charge in [-0.2, -0.15) is 0 Å². The molecule has 0 fully saturated rings. The van der Waals surface area contributed by atoms with Crippen LogP contribution in [-0.4, -0.2) is 37.3 Å². The van der Waals surface area contributed by atoms with Gasteiger partial charge in [0.1, 0.15) is 0 Å². The Balaban J connectivity index is 0. The quantitative estimate of drug-likeness (QED) is 0.575. The molecule has 0 rings (SSSR count). The summed E-state index contributed by atoms with van der Waals surface area (Å²) in [5.74, 6) is -0.670. The van der Waals surface area contributed by atoms with Crippen LogP contribution in [0.4, 0.5) is 0 Å². The number of unbranched alkanes of at least 4 members (excludes halogenated alkanes) is 4. The normalized spacial score (nSPS) is 8.82. The number of carboxylic acid groups (broad SMARTS) is 1. The van der Waals surface area contributed by atoms with Crippen molar-refractivity contribution >= 4 is 32.2 Å². The Morgan fingerprint density at radius 2 is 1.73 bits per heavy atom. The van der Waals surface area contributed by atoms with E-state index in [9.17, 15) is 4.79 Å². The van der Waals surface area contributed by atoms with Crippen LogP contribution in [0.3, 0.4) is 0 Å². The summed E-state index contributed by atoms with van der Waals surface area (Å²) >= 11 is 0. The molecule has 68 valence electrons. The summed E-state index contributed by atoms with van der Waals surface area (Å²) in [4.78, 5) is 10.0. The van der Waals surface area contributed by atoms with Crippen molar-refractivity contribution in [3.05, 3.63) is 0 Å². The summed E-state index contributed by atoms with van der Waals surface area (Å²) in [5, 5.41) is 8.27. The summed E-state index contributed by atoms with van der Waals surface area (Å²) in [6.45, 7) is 2.15. The number of hydrogen-bond donors (Lipinski definition) is 1. The number of aliphatic carboxylic acids is 1. The van der Waals surface area contributed by atoms with Gasteiger partial charge in [0.15, 0.2) is 0 Å². The second kappa shape index (κ2) is 10.4. The maximum absolute atomic E-state index is 10.0. The van der Waals surface area contributed by atoms with Crippen molar-refractivity contribution in [2.45, 2.75) is 45.4 Å². The van der Waals surface area contributed by atoms with E-state index in [1.54, 1.807) is 0 Å². The molecule has 0 heterocycles. The van der Waals surface area contributed by atoms with Crippen LogP contribution in [0.15, 0.2) is 0 Å². The van der Waals surface area contributed by atoms with Crippen LogP contribution < -0.4 is 0 Å². The van der Waals surface area contributed by atoms with Crippen LogP contribution in [0.25, 0.3) is 0 Å². The minimum absolute atomic E-state index is 0. The van der Waals surface area contributed by atoms with Crippen LogP contribution in [0.5, 0.6) is 0 Å². The van der Waals surface area contributed by atoms with Gasteiger partial charge in [-0.3, -0.25) is 4.79 Å². The third-order valence-electron chi connectivity index (χ3n) is 1.49. The molecule has 0 unspecified atom stereocenters. The first-order valence-corrected chi connectivity index (χ1v) is 3.99. The first-order chi connectivity index (χ1) is 4.77. The van der Waals surface area contributed by atoms with Crippen molar-refractivity contribution in [1.29, 1.82) is 0 Å². The van der Waals surface area contributed by atoms with Gasteiger partial charge in [-0.05, 0) is 6.42 Å². The summed E-state index contributed by atoms with van der Waals surface area (Å²) in [7, 11) is 0. The second-order valence-corrected chi connectivity index (χ2v) is 2.56. The molecule has 3 heteroatoms. The van der Waals surface area contributed by atoms with Gasteiger partial charge >= 0.3 is 32.2 Å². The first kappa shape index (κ1) is 13.9. The monoisotopic (exact) mass is 356 g/mol. The van der Waals surface area contributed by atoms with Crippen molar-refractivity contribution in [3.63, 3.8) is 0 Å². The van der Waals surface area contributed by atoms with Gasteiger partial charge in [0, 0.05) is 6.42 Å². The minimum atomic E-state index is -0.670. The molecule has 0 saturated carbocycles. The van der Waals surface area contributed by atoms with Crippen LogP contribution in [0.2, 0.25) is 0 Å². The first-order valence-electron chi connectivity index (χ1n) is 3.99. The van der Waals surface area contributed by atoms with E-state index in [2.05, 4.69) is 6.92 Å². The third-order valence-corrected chi connectivity index (χ3v) is 1.49. The zero-order valence-corrected chi connectivity index (χ0v) is 12.8. The fourth-order valence-electron chi connectivity index (χ4n) is 0.880. The molecule has 0 aliphatic carbocycles. The number of rotatable bonds is 6. The average molecular weight is 356 g/mol. The van der Waals surface area contributed by atoms with Crippen LogP contribution in [-0.2, 0) is 4.79 Å². The van der Waals surface area contributed by atoms with E-state index in [-0.39, 0.29) is 26.2 Å². The van der Waals surface area contributed by atoms with Crippen molar-refractivity contribution < 1.29 is 9.90 Å². The molecule has 0 aromatic heterocycles. The summed E-state index contributed by atoms with van der Waals surface area (Å²) < 4.78 is 0. The van der Waals surface area contributed by atoms with Gasteiger partial charge in [0.05, 0.1) is 0 Å². The summed E-state index contributed by atoms with van der Waals surface area (Å²) in [6, 6.07) is 0. The predicted octanol–water partition coefficient (Wildman–Crippen LogP) is 1.25. The van der Waals surface area contributed by atoms with Crippen LogP contribution >= 0.6 is 0 Å². The fourth-order valence-corrected chi connectivity index (χ4v) is 0.880. The standard InChI is InChI=1S/C8H16O2.Bi.3H/c1-2-3-4-5-6-7-8(9)10;;;;/h2-7H2,1H3,(H,9,10);;;;. The summed E-state index contributed by atoms with van der Waals surface area (Å²) in [6.07, 6.45) is 5.88. The van der Waals surface area contributed by atoms with Gasteiger partial charge in [-0.1, -0.05) is 32.6 Å². The van der Waals surface area contributed by atoms with Gasteiger partial charge < -0.3 is 5.11 Å². The molecular formula is C8H19BiO2. The molecular weight excluding hydrogens is 337 g/mol. The van der Waals surface area contributed by atoms with E-state index in [4.69, 9.17) is 5.11 Å². The van der Waals surface area contributed by atoms with E-state index in [0.717, 1.165) is 12.8 Å². The molecule has 0 saturated heterocycles. The molecule has 0 aromatic carbocycles. The van der Waals surface area contributed by atoms with Crippen LogP contribution in [0.1, 0.15) is 45.4 Å². The van der Waals surface area contributed by atoms with Crippen molar-refractivity contribution in [2.75, 3.05) is 0 Å². The molecule has 11 heavy (non-hydrogen) atoms. The summed E-state index contributed by atoms with van der Waals surface area (Å²) in [5.41, 5.74) is 0. The van der Waals surface area contributed by atoms with Gasteiger partial charge in [-0.25, -0.2) is 0 Å². The molecule has 1 N–H and O–H groups in total. The number of hydrogen-bond acceptors (Lipinski definition) is 1. The van der Waals surface area contributed by atoms with Crippen LogP contribution in [0, 0.1) is 0 Å². The SMILES string of the molecule is CCCCCCCC(=O)O.[BiH3]. The fraction of sp³-hybridized carbons (Fsp3) is 0.875. The molecule has 0 aliphatic heterocycles. The third kappa shape index (κ3) is 13.4. The Labute approximate surface area is 87.5 Å². The van der Waals surface area contributed by atoms with Gasteiger partial charge in [0.25, 0.3) is 0 Å². The van der Waals surface area contributed by atoms with Gasteiger partial charge in [0.2, 0.25) is 0 Å². The van der Waals surface area contributed by atoms with E-state index in [0.29, 0.717) is 6.42 Å². The molecule has 0 amide bonds. The molecule has 0 atom stereocenters. The zero-order valence-electron chi connectivity index (χ0n) is 7.31. The average Bonchev–Trinajstić information content (AvgIpc) is 1.87.